The van der Waals surface area contributed by atoms with Gasteiger partial charge in [0.25, 0.3) is 0 Å². The number of hydrogen-bond donors (Lipinski definition) is 1. The summed E-state index contributed by atoms with van der Waals surface area (Å²) in [5.74, 6) is 5.47. The van der Waals surface area contributed by atoms with Crippen molar-refractivity contribution in [2.24, 2.45) is 5.73 Å². The zero-order chi connectivity index (χ0) is 15.2. The molecule has 21 heavy (non-hydrogen) atoms. The zero-order valence-electron chi connectivity index (χ0n) is 11.0. The quantitative estimate of drug-likeness (QED) is 0.866. The van der Waals surface area contributed by atoms with Gasteiger partial charge >= 0.3 is 0 Å². The van der Waals surface area contributed by atoms with Crippen LogP contribution >= 0.6 is 23.2 Å². The van der Waals surface area contributed by atoms with E-state index in [0.29, 0.717) is 21.4 Å². The monoisotopic (exact) mass is 323 g/mol. The minimum Gasteiger partial charge on any atom is -0.489 e. The van der Waals surface area contributed by atoms with Gasteiger partial charge in [0.2, 0.25) is 0 Å². The Hall–Kier alpha value is -1.73. The van der Waals surface area contributed by atoms with Crippen LogP contribution in [0.1, 0.15) is 11.1 Å². The van der Waals surface area contributed by atoms with E-state index >= 15 is 0 Å². The molecule has 0 aliphatic rings. The molecule has 0 fully saturated rings. The van der Waals surface area contributed by atoms with Crippen LogP contribution in [0.5, 0.6) is 5.75 Å². The molecule has 108 valence electrons. The third-order valence-corrected chi connectivity index (χ3v) is 3.03. The molecule has 0 radical (unpaired) electrons. The van der Waals surface area contributed by atoms with Gasteiger partial charge < -0.3 is 10.5 Å². The lowest BCUT2D eigenvalue weighted by Gasteiger charge is -2.08. The van der Waals surface area contributed by atoms with E-state index in [1.165, 1.54) is 6.07 Å². The first-order valence-corrected chi connectivity index (χ1v) is 6.90. The Balaban J connectivity index is 2.13. The Labute approximate surface area is 132 Å². The van der Waals surface area contributed by atoms with Gasteiger partial charge in [-0.15, -0.1) is 0 Å². The van der Waals surface area contributed by atoms with Crippen LogP contribution in [0.2, 0.25) is 10.0 Å². The topological polar surface area (TPSA) is 35.2 Å². The first kappa shape index (κ1) is 15.7. The van der Waals surface area contributed by atoms with Crippen LogP contribution in [0.25, 0.3) is 0 Å². The van der Waals surface area contributed by atoms with Crippen LogP contribution in [0.4, 0.5) is 4.39 Å². The van der Waals surface area contributed by atoms with Crippen LogP contribution in [-0.2, 0) is 6.61 Å². The smallest absolute Gasteiger partial charge is 0.138 e. The van der Waals surface area contributed by atoms with Gasteiger partial charge in [-0.2, -0.15) is 0 Å². The second kappa shape index (κ2) is 7.33. The van der Waals surface area contributed by atoms with Gasteiger partial charge in [0.1, 0.15) is 18.2 Å². The fourth-order valence-electron chi connectivity index (χ4n) is 1.68. The molecule has 2 nitrogen and oxygen atoms in total. The fraction of sp³-hybridized carbons (Fsp3) is 0.125. The summed E-state index contributed by atoms with van der Waals surface area (Å²) in [5, 5.41) is 0.984. The molecule has 0 spiro atoms. The van der Waals surface area contributed by atoms with Gasteiger partial charge in [0.05, 0.1) is 12.1 Å². The maximum absolute atomic E-state index is 13.5. The molecule has 2 N–H and O–H groups in total. The summed E-state index contributed by atoms with van der Waals surface area (Å²) in [6.07, 6.45) is 0. The van der Waals surface area contributed by atoms with Gasteiger partial charge in [0, 0.05) is 10.0 Å². The van der Waals surface area contributed by atoms with Crippen molar-refractivity contribution >= 4 is 23.2 Å². The van der Waals surface area contributed by atoms with Crippen LogP contribution in [-0.4, -0.2) is 6.54 Å². The van der Waals surface area contributed by atoms with Crippen molar-refractivity contribution in [1.29, 1.82) is 0 Å². The summed E-state index contributed by atoms with van der Waals surface area (Å²) in [6, 6.07) is 9.55. The van der Waals surface area contributed by atoms with Gasteiger partial charge in [-0.25, -0.2) is 4.39 Å². The summed E-state index contributed by atoms with van der Waals surface area (Å²) in [7, 11) is 0. The van der Waals surface area contributed by atoms with Crippen LogP contribution < -0.4 is 10.5 Å². The minimum atomic E-state index is -0.384. The van der Waals surface area contributed by atoms with Crippen molar-refractivity contribution in [3.63, 3.8) is 0 Å². The van der Waals surface area contributed by atoms with Gasteiger partial charge in [-0.1, -0.05) is 41.1 Å². The van der Waals surface area contributed by atoms with Crippen molar-refractivity contribution in [2.45, 2.75) is 6.61 Å². The summed E-state index contributed by atoms with van der Waals surface area (Å²) in [6.45, 7) is 0.440. The van der Waals surface area contributed by atoms with Crippen molar-refractivity contribution in [2.75, 3.05) is 6.54 Å². The summed E-state index contributed by atoms with van der Waals surface area (Å²) >= 11 is 11.8. The average Bonchev–Trinajstić information content (AvgIpc) is 2.44. The zero-order valence-corrected chi connectivity index (χ0v) is 12.5. The average molecular weight is 324 g/mol. The fourth-order valence-corrected chi connectivity index (χ4v) is 2.19. The lowest BCUT2D eigenvalue weighted by molar-refractivity contribution is 0.306. The van der Waals surface area contributed by atoms with Crippen molar-refractivity contribution in [3.8, 4) is 17.6 Å². The highest BCUT2D eigenvalue weighted by Crippen LogP contribution is 2.25. The molecule has 2 aromatic rings. The molecule has 0 aromatic heterocycles. The van der Waals surface area contributed by atoms with Crippen LogP contribution in [0, 0.1) is 17.7 Å². The van der Waals surface area contributed by atoms with Crippen molar-refractivity contribution in [1.82, 2.24) is 0 Å². The number of ether oxygens (including phenoxy) is 1. The van der Waals surface area contributed by atoms with Gasteiger partial charge in [0.15, 0.2) is 0 Å². The largest absolute Gasteiger partial charge is 0.489 e. The van der Waals surface area contributed by atoms with E-state index in [0.717, 1.165) is 5.56 Å². The Morgan fingerprint density at radius 3 is 2.48 bits per heavy atom. The second-order valence-corrected chi connectivity index (χ2v) is 5.09. The van der Waals surface area contributed by atoms with Crippen molar-refractivity contribution < 1.29 is 9.13 Å². The first-order valence-electron chi connectivity index (χ1n) is 6.15. The van der Waals surface area contributed by atoms with E-state index < -0.39 is 0 Å². The molecule has 0 bridgehead atoms. The Morgan fingerprint density at radius 2 is 1.81 bits per heavy atom. The van der Waals surface area contributed by atoms with E-state index in [1.54, 1.807) is 30.3 Å². The molecule has 2 aromatic carbocycles. The molecule has 0 atom stereocenters. The standard InChI is InChI=1S/C16H12Cl2FNO/c17-13-7-14(18)9-15(8-13)21-10-11-3-4-16(19)12(6-11)2-1-5-20/h3-4,6-9H,5,10,20H2. The number of benzene rings is 2. The summed E-state index contributed by atoms with van der Waals surface area (Å²) in [5.41, 5.74) is 6.36. The molecule has 5 heteroatoms. The Kier molecular flexibility index (Phi) is 5.46. The number of nitrogens with two attached hydrogens (primary N) is 1. The van der Waals surface area contributed by atoms with E-state index in [2.05, 4.69) is 11.8 Å². The molecule has 0 heterocycles. The summed E-state index contributed by atoms with van der Waals surface area (Å²) in [4.78, 5) is 0. The normalized spacial score (nSPS) is 9.90. The molecule has 0 saturated carbocycles. The van der Waals surface area contributed by atoms with Gasteiger partial charge in [-0.05, 0) is 35.9 Å². The number of hydrogen-bond acceptors (Lipinski definition) is 2. The predicted octanol–water partition coefficient (Wildman–Crippen LogP) is 4.02. The molecular formula is C16H12Cl2FNO. The van der Waals surface area contributed by atoms with E-state index in [4.69, 9.17) is 33.7 Å². The minimum absolute atomic E-state index is 0.182. The Morgan fingerprint density at radius 1 is 1.10 bits per heavy atom. The lowest BCUT2D eigenvalue weighted by atomic mass is 10.1. The maximum atomic E-state index is 13.5. The van der Waals surface area contributed by atoms with E-state index in [-0.39, 0.29) is 19.0 Å². The van der Waals surface area contributed by atoms with Crippen LogP contribution in [0.15, 0.2) is 36.4 Å². The molecule has 0 unspecified atom stereocenters. The SMILES string of the molecule is NCC#Cc1cc(COc2cc(Cl)cc(Cl)c2)ccc1F. The first-order chi connectivity index (χ1) is 10.1. The molecule has 0 amide bonds. The highest BCUT2D eigenvalue weighted by molar-refractivity contribution is 6.34. The molecule has 0 aliphatic carbocycles. The predicted molar refractivity (Wildman–Crippen MR) is 83.1 cm³/mol. The highest BCUT2D eigenvalue weighted by atomic mass is 35.5. The van der Waals surface area contributed by atoms with Crippen molar-refractivity contribution in [3.05, 3.63) is 63.4 Å². The third kappa shape index (κ3) is 4.64. The number of halogens is 3. The molecule has 2 rings (SSSR count). The van der Waals surface area contributed by atoms with Gasteiger partial charge in [-0.3, -0.25) is 0 Å². The second-order valence-electron chi connectivity index (χ2n) is 4.21. The summed E-state index contributed by atoms with van der Waals surface area (Å²) < 4.78 is 19.1. The molecule has 0 saturated heterocycles. The highest BCUT2D eigenvalue weighted by Gasteiger charge is 2.04. The van der Waals surface area contributed by atoms with E-state index in [9.17, 15) is 4.39 Å². The van der Waals surface area contributed by atoms with E-state index in [1.807, 2.05) is 0 Å². The third-order valence-electron chi connectivity index (χ3n) is 2.60. The maximum Gasteiger partial charge on any atom is 0.138 e. The molecular weight excluding hydrogens is 312 g/mol. The van der Waals surface area contributed by atoms with Crippen LogP contribution in [0.3, 0.4) is 0 Å². The Bertz CT molecular complexity index is 687. The number of rotatable bonds is 3. The molecule has 0 aliphatic heterocycles. The lowest BCUT2D eigenvalue weighted by Crippen LogP contribution is -1.98.